The van der Waals surface area contributed by atoms with Crippen LogP contribution in [0.5, 0.6) is 0 Å². The monoisotopic (exact) mass is 417 g/mol. The third-order valence-corrected chi connectivity index (χ3v) is 5.60. The van der Waals surface area contributed by atoms with E-state index < -0.39 is 0 Å². The van der Waals surface area contributed by atoms with Gasteiger partial charge in [0.05, 0.1) is 31.1 Å². The van der Waals surface area contributed by atoms with E-state index in [1.54, 1.807) is 12.1 Å². The molecule has 0 bridgehead atoms. The number of piperazine rings is 1. The molecule has 4 rings (SSSR count). The molecule has 0 unspecified atom stereocenters. The number of hydrogen-bond donors (Lipinski definition) is 2. The van der Waals surface area contributed by atoms with Crippen LogP contribution in [0.1, 0.15) is 15.9 Å². The van der Waals surface area contributed by atoms with Crippen molar-refractivity contribution in [2.75, 3.05) is 36.4 Å². The number of rotatable bonds is 6. The molecule has 0 aromatic heterocycles. The summed E-state index contributed by atoms with van der Waals surface area (Å²) in [7, 11) is 0. The van der Waals surface area contributed by atoms with Crippen LogP contribution in [0.15, 0.2) is 78.9 Å². The van der Waals surface area contributed by atoms with E-state index in [9.17, 15) is 14.9 Å². The summed E-state index contributed by atoms with van der Waals surface area (Å²) < 4.78 is 0. The van der Waals surface area contributed by atoms with Gasteiger partial charge in [-0.2, -0.15) is 0 Å². The first-order valence-corrected chi connectivity index (χ1v) is 10.4. The Balaban J connectivity index is 1.28. The topological polar surface area (TPSA) is 79.9 Å². The number of amides is 1. The van der Waals surface area contributed by atoms with Crippen molar-refractivity contribution in [1.29, 1.82) is 0 Å². The van der Waals surface area contributed by atoms with Gasteiger partial charge in [-0.25, -0.2) is 0 Å². The molecule has 1 fully saturated rings. The number of nitro groups is 1. The standard InChI is InChI=1S/C24H24N4O3/c29-24(25-21-4-2-1-3-5-21)20-8-6-19(7-9-20)18-26-14-16-27(17-15-26)22-10-12-23(13-11-22)28(30)31/h1-13H,14-18H2,(H,25,29)/p+1. The summed E-state index contributed by atoms with van der Waals surface area (Å²) in [5.74, 6) is -0.109. The fraction of sp³-hybridized carbons (Fsp3) is 0.208. The van der Waals surface area contributed by atoms with Crippen molar-refractivity contribution in [2.45, 2.75) is 6.54 Å². The maximum Gasteiger partial charge on any atom is 0.269 e. The predicted molar refractivity (Wildman–Crippen MR) is 121 cm³/mol. The summed E-state index contributed by atoms with van der Waals surface area (Å²) in [6, 6.07) is 24.0. The molecular weight excluding hydrogens is 392 g/mol. The van der Waals surface area contributed by atoms with E-state index in [4.69, 9.17) is 0 Å². The summed E-state index contributed by atoms with van der Waals surface area (Å²) in [4.78, 5) is 26.6. The second-order valence-electron chi connectivity index (χ2n) is 7.70. The van der Waals surface area contributed by atoms with E-state index in [-0.39, 0.29) is 16.5 Å². The molecule has 1 amide bonds. The van der Waals surface area contributed by atoms with E-state index in [0.29, 0.717) is 5.56 Å². The van der Waals surface area contributed by atoms with E-state index in [0.717, 1.165) is 44.1 Å². The van der Waals surface area contributed by atoms with Gasteiger partial charge in [-0.1, -0.05) is 30.3 Å². The number of nitrogens with one attached hydrogen (secondary N) is 2. The summed E-state index contributed by atoms with van der Waals surface area (Å²) >= 11 is 0. The molecule has 0 radical (unpaired) electrons. The quantitative estimate of drug-likeness (QED) is 0.478. The molecule has 31 heavy (non-hydrogen) atoms. The van der Waals surface area contributed by atoms with E-state index in [2.05, 4.69) is 10.2 Å². The number of nitro benzene ring substituents is 1. The molecular formula is C24H25N4O3+. The summed E-state index contributed by atoms with van der Waals surface area (Å²) in [6.07, 6.45) is 0. The van der Waals surface area contributed by atoms with Gasteiger partial charge in [0.15, 0.2) is 0 Å². The minimum Gasteiger partial charge on any atom is -0.360 e. The fourth-order valence-corrected chi connectivity index (χ4v) is 3.83. The Morgan fingerprint density at radius 3 is 2.19 bits per heavy atom. The molecule has 3 aromatic carbocycles. The summed E-state index contributed by atoms with van der Waals surface area (Å²) in [5, 5.41) is 13.7. The van der Waals surface area contributed by atoms with Crippen LogP contribution < -0.4 is 15.1 Å². The van der Waals surface area contributed by atoms with Crippen molar-refractivity contribution >= 4 is 23.0 Å². The van der Waals surface area contributed by atoms with Gasteiger partial charge in [-0.3, -0.25) is 14.9 Å². The van der Waals surface area contributed by atoms with Crippen LogP contribution in [-0.2, 0) is 6.54 Å². The molecule has 158 valence electrons. The molecule has 7 heteroatoms. The Bertz CT molecular complexity index is 1030. The maximum absolute atomic E-state index is 12.4. The lowest BCUT2D eigenvalue weighted by atomic mass is 10.1. The van der Waals surface area contributed by atoms with Crippen molar-refractivity contribution in [2.24, 2.45) is 0 Å². The van der Waals surface area contributed by atoms with Gasteiger partial charge in [0.1, 0.15) is 6.54 Å². The highest BCUT2D eigenvalue weighted by molar-refractivity contribution is 6.04. The number of carbonyl (C=O) groups excluding carboxylic acids is 1. The van der Waals surface area contributed by atoms with Crippen molar-refractivity contribution < 1.29 is 14.6 Å². The molecule has 0 aliphatic carbocycles. The van der Waals surface area contributed by atoms with E-state index in [1.165, 1.54) is 10.5 Å². The lowest BCUT2D eigenvalue weighted by molar-refractivity contribution is -0.914. The van der Waals surface area contributed by atoms with E-state index in [1.807, 2.05) is 66.7 Å². The zero-order valence-electron chi connectivity index (χ0n) is 17.2. The average molecular weight is 417 g/mol. The Kier molecular flexibility index (Phi) is 6.24. The van der Waals surface area contributed by atoms with Crippen LogP contribution in [-0.4, -0.2) is 37.0 Å². The van der Waals surface area contributed by atoms with Gasteiger partial charge in [-0.15, -0.1) is 0 Å². The van der Waals surface area contributed by atoms with Crippen LogP contribution >= 0.6 is 0 Å². The van der Waals surface area contributed by atoms with Crippen molar-refractivity contribution in [3.8, 4) is 0 Å². The third-order valence-electron chi connectivity index (χ3n) is 5.60. The number of non-ortho nitro benzene ring substituents is 1. The Morgan fingerprint density at radius 2 is 1.58 bits per heavy atom. The zero-order valence-corrected chi connectivity index (χ0v) is 17.2. The minimum absolute atomic E-state index is 0.109. The lowest BCUT2D eigenvalue weighted by Crippen LogP contribution is -3.13. The first-order valence-electron chi connectivity index (χ1n) is 10.4. The van der Waals surface area contributed by atoms with E-state index >= 15 is 0 Å². The van der Waals surface area contributed by atoms with Gasteiger partial charge >= 0.3 is 0 Å². The molecule has 3 aromatic rings. The molecule has 1 aliphatic heterocycles. The first kappa shape index (κ1) is 20.6. The largest absolute Gasteiger partial charge is 0.360 e. The zero-order chi connectivity index (χ0) is 21.6. The smallest absolute Gasteiger partial charge is 0.269 e. The molecule has 0 saturated carbocycles. The Hall–Kier alpha value is -3.71. The van der Waals surface area contributed by atoms with Crippen molar-refractivity contribution in [1.82, 2.24) is 0 Å². The molecule has 1 saturated heterocycles. The number of nitrogens with zero attached hydrogens (tertiary/aromatic N) is 2. The maximum atomic E-state index is 12.4. The normalized spacial score (nSPS) is 14.3. The summed E-state index contributed by atoms with van der Waals surface area (Å²) in [6.45, 7) is 4.71. The van der Waals surface area contributed by atoms with Crippen molar-refractivity contribution in [3.63, 3.8) is 0 Å². The third kappa shape index (κ3) is 5.26. The number of carbonyl (C=O) groups is 1. The van der Waals surface area contributed by atoms with Gasteiger partial charge in [0.2, 0.25) is 0 Å². The SMILES string of the molecule is O=C(Nc1ccccc1)c1ccc(C[NH+]2CCN(c3ccc([N+](=O)[O-])cc3)CC2)cc1. The average Bonchev–Trinajstić information content (AvgIpc) is 2.81. The first-order chi connectivity index (χ1) is 15.1. The Morgan fingerprint density at radius 1 is 0.935 bits per heavy atom. The van der Waals surface area contributed by atoms with Crippen molar-refractivity contribution in [3.05, 3.63) is 100 Å². The van der Waals surface area contributed by atoms with Crippen LogP contribution in [0, 0.1) is 10.1 Å². The highest BCUT2D eigenvalue weighted by atomic mass is 16.6. The number of anilines is 2. The second-order valence-corrected chi connectivity index (χ2v) is 7.70. The molecule has 0 atom stereocenters. The number of quaternary nitrogens is 1. The molecule has 0 spiro atoms. The van der Waals surface area contributed by atoms with Gasteiger partial charge in [-0.05, 0) is 36.4 Å². The van der Waals surface area contributed by atoms with Gasteiger partial charge in [0.25, 0.3) is 11.6 Å². The highest BCUT2D eigenvalue weighted by Crippen LogP contribution is 2.19. The lowest BCUT2D eigenvalue weighted by Gasteiger charge is -2.33. The Labute approximate surface area is 181 Å². The van der Waals surface area contributed by atoms with Gasteiger partial charge in [0, 0.05) is 34.6 Å². The predicted octanol–water partition coefficient (Wildman–Crippen LogP) is 2.75. The molecule has 2 N–H and O–H groups in total. The van der Waals surface area contributed by atoms with Gasteiger partial charge < -0.3 is 15.1 Å². The van der Waals surface area contributed by atoms with Crippen LogP contribution in [0.25, 0.3) is 0 Å². The minimum atomic E-state index is -0.373. The fourth-order valence-electron chi connectivity index (χ4n) is 3.83. The summed E-state index contributed by atoms with van der Waals surface area (Å²) in [5.41, 5.74) is 3.78. The number of hydrogen-bond acceptors (Lipinski definition) is 4. The second kappa shape index (κ2) is 9.40. The molecule has 7 nitrogen and oxygen atoms in total. The van der Waals surface area contributed by atoms with Crippen LogP contribution in [0.3, 0.4) is 0 Å². The van der Waals surface area contributed by atoms with Crippen LogP contribution in [0.2, 0.25) is 0 Å². The highest BCUT2D eigenvalue weighted by Gasteiger charge is 2.21. The number of benzene rings is 3. The molecule has 1 aliphatic rings. The number of para-hydroxylation sites is 1. The molecule has 1 heterocycles. The van der Waals surface area contributed by atoms with Crippen LogP contribution in [0.4, 0.5) is 17.1 Å².